The van der Waals surface area contributed by atoms with E-state index in [4.69, 9.17) is 10.5 Å². The number of nitrogens with two attached hydrogens (primary N) is 1. The van der Waals surface area contributed by atoms with Crippen LogP contribution in [-0.2, 0) is 9.53 Å². The third-order valence-corrected chi connectivity index (χ3v) is 1.77. The molecule has 0 fully saturated rings. The van der Waals surface area contributed by atoms with Gasteiger partial charge in [-0.1, -0.05) is 12.2 Å². The van der Waals surface area contributed by atoms with E-state index in [1.807, 2.05) is 0 Å². The number of rotatable bonds is 9. The number of hydrogen-bond donors (Lipinski definition) is 2. The van der Waals surface area contributed by atoms with Gasteiger partial charge in [0.2, 0.25) is 5.91 Å². The van der Waals surface area contributed by atoms with Crippen LogP contribution in [0, 0.1) is 0 Å². The van der Waals surface area contributed by atoms with E-state index in [9.17, 15) is 4.79 Å². The van der Waals surface area contributed by atoms with Crippen LogP contribution in [0.1, 0.15) is 12.8 Å². The lowest BCUT2D eigenvalue weighted by atomic mass is 10.2. The molecule has 0 spiro atoms. The lowest BCUT2D eigenvalue weighted by molar-refractivity contribution is -0.122. The van der Waals surface area contributed by atoms with Crippen LogP contribution in [0.2, 0.25) is 0 Å². The highest BCUT2D eigenvalue weighted by atomic mass is 16.5. The highest BCUT2D eigenvalue weighted by Gasteiger charge is 2.09. The molecule has 0 saturated heterocycles. The van der Waals surface area contributed by atoms with E-state index >= 15 is 0 Å². The van der Waals surface area contributed by atoms with Gasteiger partial charge >= 0.3 is 0 Å². The molecule has 3 N–H and O–H groups in total. The summed E-state index contributed by atoms with van der Waals surface area (Å²) in [6.07, 6.45) is 4.73. The molecular formula is C11H20N2O2. The second-order valence-electron chi connectivity index (χ2n) is 3.11. The van der Waals surface area contributed by atoms with E-state index < -0.39 is 6.04 Å². The second-order valence-corrected chi connectivity index (χ2v) is 3.11. The number of carbonyl (C=O) groups excluding carboxylic acids is 1. The first kappa shape index (κ1) is 13.9. The Bertz CT molecular complexity index is 205. The van der Waals surface area contributed by atoms with Gasteiger partial charge in [0.1, 0.15) is 0 Å². The minimum absolute atomic E-state index is 0.165. The summed E-state index contributed by atoms with van der Waals surface area (Å²) in [7, 11) is 0. The van der Waals surface area contributed by atoms with E-state index in [1.54, 1.807) is 12.2 Å². The zero-order valence-electron chi connectivity index (χ0n) is 9.08. The first-order valence-electron chi connectivity index (χ1n) is 5.05. The first-order valence-corrected chi connectivity index (χ1v) is 5.05. The van der Waals surface area contributed by atoms with E-state index in [0.29, 0.717) is 26.2 Å². The maximum absolute atomic E-state index is 11.3. The predicted octanol–water partition coefficient (Wildman–Crippen LogP) is 0.599. The van der Waals surface area contributed by atoms with Gasteiger partial charge in [-0.2, -0.15) is 0 Å². The number of amides is 1. The second kappa shape index (κ2) is 9.43. The van der Waals surface area contributed by atoms with Gasteiger partial charge in [-0.15, -0.1) is 13.2 Å². The van der Waals surface area contributed by atoms with Crippen molar-refractivity contribution in [3.8, 4) is 0 Å². The summed E-state index contributed by atoms with van der Waals surface area (Å²) in [6.45, 7) is 8.72. The SMILES string of the molecule is C=CCCOCCNC(=O)C(N)CC=C. The van der Waals surface area contributed by atoms with Gasteiger partial charge < -0.3 is 15.8 Å². The molecule has 1 amide bonds. The van der Waals surface area contributed by atoms with Gasteiger partial charge in [0.25, 0.3) is 0 Å². The minimum Gasteiger partial charge on any atom is -0.379 e. The average Bonchev–Trinajstić information content (AvgIpc) is 2.23. The quantitative estimate of drug-likeness (QED) is 0.434. The average molecular weight is 212 g/mol. The maximum atomic E-state index is 11.3. The first-order chi connectivity index (χ1) is 7.22. The van der Waals surface area contributed by atoms with Crippen molar-refractivity contribution in [2.24, 2.45) is 5.73 Å². The Kier molecular flexibility index (Phi) is 8.72. The summed E-state index contributed by atoms with van der Waals surface area (Å²) in [5.41, 5.74) is 5.55. The molecular weight excluding hydrogens is 192 g/mol. The number of hydrogen-bond acceptors (Lipinski definition) is 3. The van der Waals surface area contributed by atoms with Crippen molar-refractivity contribution >= 4 is 5.91 Å². The molecule has 0 aromatic heterocycles. The third-order valence-electron chi connectivity index (χ3n) is 1.77. The molecule has 4 nitrogen and oxygen atoms in total. The smallest absolute Gasteiger partial charge is 0.237 e. The molecule has 0 aliphatic heterocycles. The van der Waals surface area contributed by atoms with Crippen LogP contribution in [0.15, 0.2) is 25.3 Å². The molecule has 0 radical (unpaired) electrons. The van der Waals surface area contributed by atoms with Crippen LogP contribution < -0.4 is 11.1 Å². The van der Waals surface area contributed by atoms with Gasteiger partial charge in [0.05, 0.1) is 19.3 Å². The van der Waals surface area contributed by atoms with Gasteiger partial charge in [0, 0.05) is 6.54 Å². The summed E-state index contributed by atoms with van der Waals surface area (Å²) >= 11 is 0. The van der Waals surface area contributed by atoms with Gasteiger partial charge in [-0.3, -0.25) is 4.79 Å². The third kappa shape index (κ3) is 7.90. The Balaban J connectivity index is 3.38. The van der Waals surface area contributed by atoms with Crippen molar-refractivity contribution < 1.29 is 9.53 Å². The standard InChI is InChI=1S/C11H20N2O2/c1-3-5-8-15-9-7-13-11(14)10(12)6-4-2/h3-4,10H,1-2,5-9,12H2,(H,13,14). The largest absolute Gasteiger partial charge is 0.379 e. The van der Waals surface area contributed by atoms with Crippen molar-refractivity contribution in [1.29, 1.82) is 0 Å². The normalized spacial score (nSPS) is 11.8. The molecule has 1 atom stereocenters. The molecule has 0 heterocycles. The highest BCUT2D eigenvalue weighted by molar-refractivity contribution is 5.81. The molecule has 4 heteroatoms. The molecule has 0 aromatic rings. The highest BCUT2D eigenvalue weighted by Crippen LogP contribution is 1.88. The topological polar surface area (TPSA) is 64.3 Å². The zero-order chi connectivity index (χ0) is 11.5. The Labute approximate surface area is 91.2 Å². The Hall–Kier alpha value is -1.13. The van der Waals surface area contributed by atoms with Crippen LogP contribution >= 0.6 is 0 Å². The van der Waals surface area contributed by atoms with Crippen molar-refractivity contribution in [3.63, 3.8) is 0 Å². The fraction of sp³-hybridized carbons (Fsp3) is 0.545. The van der Waals surface area contributed by atoms with Gasteiger partial charge in [-0.25, -0.2) is 0 Å². The molecule has 1 unspecified atom stereocenters. The van der Waals surface area contributed by atoms with E-state index in [1.165, 1.54) is 0 Å². The van der Waals surface area contributed by atoms with Crippen LogP contribution in [0.3, 0.4) is 0 Å². The molecule has 0 rings (SSSR count). The van der Waals surface area contributed by atoms with E-state index in [-0.39, 0.29) is 5.91 Å². The fourth-order valence-electron chi connectivity index (χ4n) is 0.933. The minimum atomic E-state index is -0.504. The Morgan fingerprint density at radius 3 is 2.73 bits per heavy atom. The monoisotopic (exact) mass is 212 g/mol. The van der Waals surface area contributed by atoms with Crippen LogP contribution in [0.4, 0.5) is 0 Å². The summed E-state index contributed by atoms with van der Waals surface area (Å²) in [6, 6.07) is -0.504. The molecule has 86 valence electrons. The molecule has 0 bridgehead atoms. The summed E-state index contributed by atoms with van der Waals surface area (Å²) in [5, 5.41) is 2.68. The van der Waals surface area contributed by atoms with E-state index in [0.717, 1.165) is 6.42 Å². The van der Waals surface area contributed by atoms with Crippen LogP contribution in [-0.4, -0.2) is 31.7 Å². The lowest BCUT2D eigenvalue weighted by Crippen LogP contribution is -2.41. The van der Waals surface area contributed by atoms with Crippen molar-refractivity contribution in [1.82, 2.24) is 5.32 Å². The maximum Gasteiger partial charge on any atom is 0.237 e. The lowest BCUT2D eigenvalue weighted by Gasteiger charge is -2.10. The molecule has 0 aliphatic carbocycles. The predicted molar refractivity (Wildman–Crippen MR) is 61.4 cm³/mol. The van der Waals surface area contributed by atoms with Crippen molar-refractivity contribution in [2.45, 2.75) is 18.9 Å². The molecule has 0 aliphatic rings. The number of nitrogens with one attached hydrogen (secondary N) is 1. The fourth-order valence-corrected chi connectivity index (χ4v) is 0.933. The Morgan fingerprint density at radius 1 is 1.40 bits per heavy atom. The Morgan fingerprint density at radius 2 is 2.13 bits per heavy atom. The van der Waals surface area contributed by atoms with Crippen molar-refractivity contribution in [3.05, 3.63) is 25.3 Å². The molecule has 0 aromatic carbocycles. The van der Waals surface area contributed by atoms with E-state index in [2.05, 4.69) is 18.5 Å². The van der Waals surface area contributed by atoms with Gasteiger partial charge in [0.15, 0.2) is 0 Å². The van der Waals surface area contributed by atoms with Crippen molar-refractivity contribution in [2.75, 3.05) is 19.8 Å². The summed E-state index contributed by atoms with van der Waals surface area (Å²) < 4.78 is 5.22. The molecule has 15 heavy (non-hydrogen) atoms. The van der Waals surface area contributed by atoms with Gasteiger partial charge in [-0.05, 0) is 12.8 Å². The number of ether oxygens (including phenoxy) is 1. The number of carbonyl (C=O) groups is 1. The summed E-state index contributed by atoms with van der Waals surface area (Å²) in [5.74, 6) is -0.165. The zero-order valence-corrected chi connectivity index (χ0v) is 9.08. The molecule has 0 saturated carbocycles. The van der Waals surface area contributed by atoms with Crippen LogP contribution in [0.5, 0.6) is 0 Å². The van der Waals surface area contributed by atoms with Crippen LogP contribution in [0.25, 0.3) is 0 Å². The summed E-state index contributed by atoms with van der Waals surface area (Å²) in [4.78, 5) is 11.3.